The molecule has 0 aliphatic carbocycles. The maximum atomic E-state index is 5.50. The van der Waals surface area contributed by atoms with Gasteiger partial charge in [-0.2, -0.15) is 11.8 Å². The lowest BCUT2D eigenvalue weighted by Crippen LogP contribution is -2.01. The number of nitrogens with two attached hydrogens (primary N) is 1. The molecule has 1 aliphatic heterocycles. The van der Waals surface area contributed by atoms with Crippen LogP contribution in [-0.4, -0.2) is 18.1 Å². The van der Waals surface area contributed by atoms with Crippen LogP contribution in [0.1, 0.15) is 29.9 Å². The van der Waals surface area contributed by atoms with Crippen LogP contribution in [0.2, 0.25) is 0 Å². The Hall–Kier alpha value is -0.470. The highest BCUT2D eigenvalue weighted by Crippen LogP contribution is 2.32. The molecule has 0 saturated carbocycles. The lowest BCUT2D eigenvalue weighted by atomic mass is 9.97. The summed E-state index contributed by atoms with van der Waals surface area (Å²) in [4.78, 5) is 0. The van der Waals surface area contributed by atoms with Crippen molar-refractivity contribution in [1.29, 1.82) is 0 Å². The maximum absolute atomic E-state index is 5.50. The first-order valence-electron chi connectivity index (χ1n) is 5.77. The molecule has 2 N–H and O–H groups in total. The van der Waals surface area contributed by atoms with Crippen LogP contribution in [0.15, 0.2) is 24.3 Å². The molecule has 1 nitrogen and oxygen atoms in total. The van der Waals surface area contributed by atoms with Gasteiger partial charge in [0.15, 0.2) is 0 Å². The summed E-state index contributed by atoms with van der Waals surface area (Å²) >= 11 is 2.08. The Morgan fingerprint density at radius 2 is 2.07 bits per heavy atom. The van der Waals surface area contributed by atoms with Gasteiger partial charge in [0, 0.05) is 5.75 Å². The van der Waals surface area contributed by atoms with Gasteiger partial charge in [0.05, 0.1) is 0 Å². The largest absolute Gasteiger partial charge is 0.330 e. The van der Waals surface area contributed by atoms with Crippen molar-refractivity contribution in [2.24, 2.45) is 5.73 Å². The first kappa shape index (κ1) is 11.0. The first-order chi connectivity index (χ1) is 7.40. The van der Waals surface area contributed by atoms with E-state index in [1.807, 2.05) is 0 Å². The summed E-state index contributed by atoms with van der Waals surface area (Å²) in [5.74, 6) is 3.44. The van der Waals surface area contributed by atoms with Gasteiger partial charge < -0.3 is 5.73 Å². The Bertz CT molecular complexity index is 288. The number of hydrogen-bond donors (Lipinski definition) is 1. The second kappa shape index (κ2) is 5.57. The summed E-state index contributed by atoms with van der Waals surface area (Å²) in [7, 11) is 0. The number of rotatable bonds is 4. The fraction of sp³-hybridized carbons (Fsp3) is 0.538. The monoisotopic (exact) mass is 221 g/mol. The van der Waals surface area contributed by atoms with Crippen LogP contribution < -0.4 is 5.73 Å². The lowest BCUT2D eigenvalue weighted by molar-refractivity contribution is 0.779. The molecule has 1 aromatic carbocycles. The van der Waals surface area contributed by atoms with Gasteiger partial charge in [-0.1, -0.05) is 24.3 Å². The molecule has 1 atom stereocenters. The van der Waals surface area contributed by atoms with Gasteiger partial charge in [-0.05, 0) is 48.6 Å². The van der Waals surface area contributed by atoms with Crippen molar-refractivity contribution >= 4 is 11.8 Å². The topological polar surface area (TPSA) is 26.0 Å². The SMILES string of the molecule is NCCCc1ccc(C2CCSC2)cc1. The van der Waals surface area contributed by atoms with Crippen LogP contribution >= 0.6 is 11.8 Å². The zero-order chi connectivity index (χ0) is 10.5. The number of benzene rings is 1. The molecule has 2 heteroatoms. The van der Waals surface area contributed by atoms with E-state index in [9.17, 15) is 0 Å². The normalized spacial score (nSPS) is 20.7. The molecule has 0 spiro atoms. The number of thioether (sulfide) groups is 1. The quantitative estimate of drug-likeness (QED) is 0.846. The van der Waals surface area contributed by atoms with Gasteiger partial charge in [-0.3, -0.25) is 0 Å². The average molecular weight is 221 g/mol. The highest BCUT2D eigenvalue weighted by molar-refractivity contribution is 7.99. The third kappa shape index (κ3) is 2.99. The Kier molecular flexibility index (Phi) is 4.09. The van der Waals surface area contributed by atoms with Crippen molar-refractivity contribution < 1.29 is 0 Å². The molecule has 1 saturated heterocycles. The molecule has 0 radical (unpaired) electrons. The summed E-state index contributed by atoms with van der Waals surface area (Å²) in [6.45, 7) is 0.793. The number of hydrogen-bond acceptors (Lipinski definition) is 2. The van der Waals surface area contributed by atoms with Gasteiger partial charge in [-0.15, -0.1) is 0 Å². The Labute approximate surface area is 96.4 Å². The molecule has 0 aromatic heterocycles. The molecule has 0 bridgehead atoms. The van der Waals surface area contributed by atoms with Gasteiger partial charge in [-0.25, -0.2) is 0 Å². The Morgan fingerprint density at radius 1 is 1.27 bits per heavy atom. The van der Waals surface area contributed by atoms with Gasteiger partial charge in [0.2, 0.25) is 0 Å². The predicted molar refractivity (Wildman–Crippen MR) is 68.5 cm³/mol. The van der Waals surface area contributed by atoms with Crippen molar-refractivity contribution in [1.82, 2.24) is 0 Å². The van der Waals surface area contributed by atoms with E-state index in [-0.39, 0.29) is 0 Å². The summed E-state index contributed by atoms with van der Waals surface area (Å²) in [5, 5.41) is 0. The predicted octanol–water partition coefficient (Wildman–Crippen LogP) is 2.80. The summed E-state index contributed by atoms with van der Waals surface area (Å²) < 4.78 is 0. The summed E-state index contributed by atoms with van der Waals surface area (Å²) in [6, 6.07) is 9.16. The maximum Gasteiger partial charge on any atom is 0.000177 e. The summed E-state index contributed by atoms with van der Waals surface area (Å²) in [6.07, 6.45) is 3.57. The van der Waals surface area contributed by atoms with Gasteiger partial charge >= 0.3 is 0 Å². The van der Waals surface area contributed by atoms with Crippen LogP contribution in [0.25, 0.3) is 0 Å². The van der Waals surface area contributed by atoms with Crippen molar-refractivity contribution in [2.45, 2.75) is 25.2 Å². The van der Waals surface area contributed by atoms with Crippen molar-refractivity contribution in [3.8, 4) is 0 Å². The zero-order valence-electron chi connectivity index (χ0n) is 9.11. The van der Waals surface area contributed by atoms with E-state index in [0.717, 1.165) is 25.3 Å². The highest BCUT2D eigenvalue weighted by Gasteiger charge is 2.16. The lowest BCUT2D eigenvalue weighted by Gasteiger charge is -2.09. The van der Waals surface area contributed by atoms with Crippen molar-refractivity contribution in [3.05, 3.63) is 35.4 Å². The standard InChI is InChI=1S/C13H19NS/c14-8-1-2-11-3-5-12(6-4-11)13-7-9-15-10-13/h3-6,13H,1-2,7-10,14H2. The van der Waals surface area contributed by atoms with Crippen LogP contribution in [0.3, 0.4) is 0 Å². The second-order valence-corrected chi connectivity index (χ2v) is 5.34. The van der Waals surface area contributed by atoms with E-state index in [4.69, 9.17) is 5.73 Å². The molecule has 1 aliphatic rings. The molecule has 1 heterocycles. The Morgan fingerprint density at radius 3 is 2.67 bits per heavy atom. The molecule has 1 unspecified atom stereocenters. The molecular weight excluding hydrogens is 202 g/mol. The molecule has 2 rings (SSSR count). The third-order valence-corrected chi connectivity index (χ3v) is 4.21. The van der Waals surface area contributed by atoms with Crippen LogP contribution in [0, 0.1) is 0 Å². The molecule has 1 fully saturated rings. The molecule has 1 aromatic rings. The highest BCUT2D eigenvalue weighted by atomic mass is 32.2. The average Bonchev–Trinajstić information content (AvgIpc) is 2.80. The zero-order valence-corrected chi connectivity index (χ0v) is 9.93. The van der Waals surface area contributed by atoms with Crippen molar-refractivity contribution in [3.63, 3.8) is 0 Å². The first-order valence-corrected chi connectivity index (χ1v) is 6.92. The molecule has 0 amide bonds. The van der Waals surface area contributed by atoms with E-state index >= 15 is 0 Å². The van der Waals surface area contributed by atoms with Crippen LogP contribution in [0.5, 0.6) is 0 Å². The fourth-order valence-corrected chi connectivity index (χ4v) is 3.32. The van der Waals surface area contributed by atoms with Crippen LogP contribution in [0.4, 0.5) is 0 Å². The fourth-order valence-electron chi connectivity index (χ4n) is 2.06. The van der Waals surface area contributed by atoms with E-state index in [1.165, 1.54) is 29.1 Å². The minimum absolute atomic E-state index is 0.793. The smallest absolute Gasteiger partial charge is 0.000177 e. The molecular formula is C13H19NS. The third-order valence-electron chi connectivity index (χ3n) is 3.05. The van der Waals surface area contributed by atoms with E-state index in [0.29, 0.717) is 0 Å². The molecule has 15 heavy (non-hydrogen) atoms. The van der Waals surface area contributed by atoms with Crippen molar-refractivity contribution in [2.75, 3.05) is 18.1 Å². The molecule has 82 valence electrons. The second-order valence-electron chi connectivity index (χ2n) is 4.19. The number of aryl methyl sites for hydroxylation is 1. The summed E-state index contributed by atoms with van der Waals surface area (Å²) in [5.41, 5.74) is 8.45. The van der Waals surface area contributed by atoms with E-state index < -0.39 is 0 Å². The Balaban J connectivity index is 1.96. The minimum Gasteiger partial charge on any atom is -0.330 e. The van der Waals surface area contributed by atoms with E-state index in [1.54, 1.807) is 0 Å². The van der Waals surface area contributed by atoms with Gasteiger partial charge in [0.25, 0.3) is 0 Å². The van der Waals surface area contributed by atoms with Gasteiger partial charge in [0.1, 0.15) is 0 Å². The minimum atomic E-state index is 0.793. The van der Waals surface area contributed by atoms with Crippen LogP contribution in [-0.2, 0) is 6.42 Å². The van der Waals surface area contributed by atoms with E-state index in [2.05, 4.69) is 36.0 Å².